The number of hydrogen-bond donors (Lipinski definition) is 0. The van der Waals surface area contributed by atoms with Gasteiger partial charge in [0.05, 0.1) is 25.5 Å². The minimum Gasteiger partial charge on any atom is -1.00 e. The summed E-state index contributed by atoms with van der Waals surface area (Å²) in [6, 6.07) is 0. The van der Waals surface area contributed by atoms with Crippen LogP contribution in [0, 0.1) is 13.8 Å². The van der Waals surface area contributed by atoms with Crippen molar-refractivity contribution >= 4 is 0 Å². The molecule has 0 amide bonds. The van der Waals surface area contributed by atoms with Crippen LogP contribution in [0.5, 0.6) is 0 Å². The van der Waals surface area contributed by atoms with Crippen LogP contribution in [0.1, 0.15) is 24.0 Å². The van der Waals surface area contributed by atoms with Crippen molar-refractivity contribution in [2.45, 2.75) is 39.8 Å². The average Bonchev–Trinajstić information content (AvgIpc) is 2.77. The molecule has 0 saturated heterocycles. The van der Waals surface area contributed by atoms with Gasteiger partial charge in [-0.1, -0.05) is 0 Å². The molecule has 0 aliphatic heterocycles. The van der Waals surface area contributed by atoms with E-state index in [1.807, 2.05) is 0 Å². The van der Waals surface area contributed by atoms with Crippen molar-refractivity contribution in [1.82, 2.24) is 9.36 Å². The van der Waals surface area contributed by atoms with E-state index in [2.05, 4.69) is 71.5 Å². The summed E-state index contributed by atoms with van der Waals surface area (Å²) in [5.41, 5.74) is 2.65. The third-order valence-electron chi connectivity index (χ3n) is 3.32. The molecule has 4 nitrogen and oxygen atoms in total. The molecule has 0 spiro atoms. The summed E-state index contributed by atoms with van der Waals surface area (Å²) in [6.45, 7) is 6.46. The zero-order valence-electron chi connectivity index (χ0n) is 12.7. The predicted octanol–water partition coefficient (Wildman–Crippen LogP) is -4.96. The van der Waals surface area contributed by atoms with Gasteiger partial charge in [0, 0.05) is 11.1 Å². The minimum absolute atomic E-state index is 0. The van der Waals surface area contributed by atoms with Crippen LogP contribution in [0.25, 0.3) is 0 Å². The van der Waals surface area contributed by atoms with E-state index in [4.69, 9.17) is 0 Å². The number of nitrogens with zero attached hydrogens (tertiary/aromatic N) is 4. The maximum absolute atomic E-state index is 2.27. The van der Waals surface area contributed by atoms with Gasteiger partial charge >= 0.3 is 0 Å². The first kappa shape index (κ1) is 19.4. The third kappa shape index (κ3) is 5.05. The Morgan fingerprint density at radius 1 is 0.800 bits per heavy atom. The molecule has 0 unspecified atom stereocenters. The van der Waals surface area contributed by atoms with Crippen LogP contribution in [0.3, 0.4) is 0 Å². The van der Waals surface area contributed by atoms with Crippen LogP contribution < -0.4 is 43.3 Å². The van der Waals surface area contributed by atoms with Gasteiger partial charge in [-0.15, -0.1) is 9.36 Å². The molecule has 0 saturated carbocycles. The lowest BCUT2D eigenvalue weighted by Gasteiger charge is -2.01. The van der Waals surface area contributed by atoms with Crippen molar-refractivity contribution in [2.24, 2.45) is 14.1 Å². The highest BCUT2D eigenvalue weighted by atomic mass is 79.9. The molecule has 0 atom stereocenters. The molecule has 2 aromatic rings. The number of aryl methyl sites for hydroxylation is 6. The van der Waals surface area contributed by atoms with Gasteiger partial charge in [0.1, 0.15) is 0 Å². The minimum atomic E-state index is 0. The summed E-state index contributed by atoms with van der Waals surface area (Å²) in [7, 11) is 4.20. The van der Waals surface area contributed by atoms with E-state index in [1.165, 1.54) is 24.0 Å². The maximum Gasteiger partial charge on any atom is 0.198 e. The molecular formula is C14H24Br2N4. The van der Waals surface area contributed by atoms with E-state index in [9.17, 15) is 0 Å². The Morgan fingerprint density at radius 3 is 1.40 bits per heavy atom. The van der Waals surface area contributed by atoms with Crippen LogP contribution in [-0.4, -0.2) is 9.36 Å². The van der Waals surface area contributed by atoms with E-state index in [0.29, 0.717) is 0 Å². The Morgan fingerprint density at radius 2 is 1.15 bits per heavy atom. The van der Waals surface area contributed by atoms with Gasteiger partial charge in [0.25, 0.3) is 0 Å². The Labute approximate surface area is 142 Å². The summed E-state index contributed by atoms with van der Waals surface area (Å²) in [6.07, 6.45) is 11.2. The lowest BCUT2D eigenvalue weighted by atomic mass is 10.3. The maximum atomic E-state index is 2.27. The average molecular weight is 408 g/mol. The molecule has 6 heteroatoms. The van der Waals surface area contributed by atoms with Crippen molar-refractivity contribution in [3.8, 4) is 0 Å². The van der Waals surface area contributed by atoms with Gasteiger partial charge in [-0.05, 0) is 26.7 Å². The zero-order chi connectivity index (χ0) is 13.1. The van der Waals surface area contributed by atoms with Crippen LogP contribution in [0.2, 0.25) is 0 Å². The topological polar surface area (TPSA) is 17.6 Å². The number of rotatable bonds is 5. The van der Waals surface area contributed by atoms with Gasteiger partial charge in [-0.25, -0.2) is 0 Å². The quantitative estimate of drug-likeness (QED) is 0.349. The fourth-order valence-electron chi connectivity index (χ4n) is 2.45. The lowest BCUT2D eigenvalue weighted by molar-refractivity contribution is -0.754. The van der Waals surface area contributed by atoms with E-state index in [-0.39, 0.29) is 34.0 Å². The summed E-state index contributed by atoms with van der Waals surface area (Å²) >= 11 is 0. The molecule has 0 fully saturated rings. The first-order valence-electron chi connectivity index (χ1n) is 6.61. The Balaban J connectivity index is 0.00000180. The highest BCUT2D eigenvalue weighted by molar-refractivity contribution is 4.95. The van der Waals surface area contributed by atoms with Crippen molar-refractivity contribution < 1.29 is 43.3 Å². The second kappa shape index (κ2) is 8.62. The fraction of sp³-hybridized carbons (Fsp3) is 0.571. The second-order valence-electron chi connectivity index (χ2n) is 5.19. The summed E-state index contributed by atoms with van der Waals surface area (Å²) in [4.78, 5) is 0. The molecule has 0 aliphatic carbocycles. The van der Waals surface area contributed by atoms with E-state index in [1.54, 1.807) is 0 Å². The fourth-order valence-corrected chi connectivity index (χ4v) is 2.45. The number of unbranched alkanes of at least 4 members (excludes halogenated alkanes) is 1. The predicted molar refractivity (Wildman–Crippen MR) is 69.9 cm³/mol. The molecule has 0 bridgehead atoms. The monoisotopic (exact) mass is 406 g/mol. The Kier molecular flexibility index (Phi) is 8.35. The molecular weight excluding hydrogens is 384 g/mol. The van der Waals surface area contributed by atoms with Crippen LogP contribution in [0.4, 0.5) is 0 Å². The molecule has 20 heavy (non-hydrogen) atoms. The molecule has 2 rings (SSSR count). The van der Waals surface area contributed by atoms with Crippen molar-refractivity contribution in [3.63, 3.8) is 0 Å². The summed E-state index contributed by atoms with van der Waals surface area (Å²) in [5.74, 6) is 0. The van der Waals surface area contributed by atoms with Crippen LogP contribution in [0.15, 0.2) is 24.8 Å². The largest absolute Gasteiger partial charge is 1.00 e. The van der Waals surface area contributed by atoms with Crippen molar-refractivity contribution in [1.29, 1.82) is 0 Å². The zero-order valence-corrected chi connectivity index (χ0v) is 15.9. The van der Waals surface area contributed by atoms with Crippen molar-refractivity contribution in [2.75, 3.05) is 0 Å². The second-order valence-corrected chi connectivity index (χ2v) is 5.19. The molecule has 0 aromatic carbocycles. The highest BCUT2D eigenvalue weighted by Gasteiger charge is 2.07. The van der Waals surface area contributed by atoms with Gasteiger partial charge in [0.15, 0.2) is 26.5 Å². The lowest BCUT2D eigenvalue weighted by Crippen LogP contribution is -3.00. The first-order valence-corrected chi connectivity index (χ1v) is 6.61. The molecule has 114 valence electrons. The third-order valence-corrected chi connectivity index (χ3v) is 3.32. The Hall–Kier alpha value is -0.620. The molecule has 0 N–H and O–H groups in total. The van der Waals surface area contributed by atoms with Gasteiger partial charge in [-0.3, -0.25) is 0 Å². The van der Waals surface area contributed by atoms with E-state index >= 15 is 0 Å². The molecule has 0 aliphatic rings. The molecule has 0 radical (unpaired) electrons. The van der Waals surface area contributed by atoms with Gasteiger partial charge < -0.3 is 34.0 Å². The number of halogens is 2. The SMILES string of the molecule is Cc1cn(CCCCn2cc(C)c[n+]2C)[n+](C)c1.[Br-].[Br-]. The van der Waals surface area contributed by atoms with E-state index < -0.39 is 0 Å². The summed E-state index contributed by atoms with van der Waals surface area (Å²) in [5, 5.41) is 0. The first-order chi connectivity index (χ1) is 8.56. The molecule has 2 heterocycles. The van der Waals surface area contributed by atoms with Gasteiger partial charge in [0.2, 0.25) is 0 Å². The van der Waals surface area contributed by atoms with Gasteiger partial charge in [-0.2, -0.15) is 9.36 Å². The number of aromatic nitrogens is 4. The van der Waals surface area contributed by atoms with Crippen LogP contribution in [-0.2, 0) is 27.2 Å². The van der Waals surface area contributed by atoms with Crippen molar-refractivity contribution in [3.05, 3.63) is 35.9 Å². The van der Waals surface area contributed by atoms with Crippen LogP contribution >= 0.6 is 0 Å². The smallest absolute Gasteiger partial charge is 0.198 e. The summed E-state index contributed by atoms with van der Waals surface area (Å²) < 4.78 is 8.87. The normalized spacial score (nSPS) is 10.0. The molecule has 2 aromatic heterocycles. The Bertz CT molecular complexity index is 483. The number of hydrogen-bond acceptors (Lipinski definition) is 0. The highest BCUT2D eigenvalue weighted by Crippen LogP contribution is 2.00. The van der Waals surface area contributed by atoms with E-state index in [0.717, 1.165) is 13.1 Å². The standard InChI is InChI=1S/C14H24N4.2BrH/c1-13-9-15(3)17(11-13)7-5-6-8-18-12-14(2)10-16(18)4;;/h9-12H,5-8H2,1-4H3;2*1H/q+2;;/p-2.